The second-order valence-electron chi connectivity index (χ2n) is 6.47. The van der Waals surface area contributed by atoms with Crippen molar-refractivity contribution >= 4 is 0 Å². The van der Waals surface area contributed by atoms with Gasteiger partial charge in [0.1, 0.15) is 0 Å². The van der Waals surface area contributed by atoms with Crippen LogP contribution in [0.4, 0.5) is 0 Å². The zero-order valence-electron chi connectivity index (χ0n) is 12.6. The third-order valence-corrected chi connectivity index (χ3v) is 3.50. The Balaban J connectivity index is 2.67. The molecule has 0 saturated carbocycles. The first kappa shape index (κ1) is 14.4. The number of aromatic nitrogens is 3. The van der Waals surface area contributed by atoms with Crippen LogP contribution in [0.3, 0.4) is 0 Å². The van der Waals surface area contributed by atoms with E-state index >= 15 is 0 Å². The highest BCUT2D eigenvalue weighted by Gasteiger charge is 2.30. The Labute approximate surface area is 117 Å². The van der Waals surface area contributed by atoms with E-state index in [0.717, 1.165) is 5.56 Å². The summed E-state index contributed by atoms with van der Waals surface area (Å²) in [5, 5.41) is 2.67. The van der Waals surface area contributed by atoms with Crippen LogP contribution in [0.15, 0.2) is 39.9 Å². The van der Waals surface area contributed by atoms with Gasteiger partial charge in [-0.2, -0.15) is 0 Å². The standard InChI is InChI=1S/C15H21N3O2/c1-14(2,3)17-12(19)16-18(13(17)20)15(4,5)11-9-7-6-8-10-11/h6-10H,1-5H3,(H,16,19). The topological polar surface area (TPSA) is 59.8 Å². The number of H-pyrrole nitrogens is 1. The van der Waals surface area contributed by atoms with Gasteiger partial charge in [0.15, 0.2) is 0 Å². The van der Waals surface area contributed by atoms with Crippen LogP contribution in [-0.2, 0) is 11.1 Å². The van der Waals surface area contributed by atoms with Crippen LogP contribution in [0.2, 0.25) is 0 Å². The van der Waals surface area contributed by atoms with Crippen molar-refractivity contribution in [2.45, 2.75) is 45.7 Å². The highest BCUT2D eigenvalue weighted by atomic mass is 16.2. The van der Waals surface area contributed by atoms with Crippen LogP contribution in [0.5, 0.6) is 0 Å². The molecule has 0 radical (unpaired) electrons. The van der Waals surface area contributed by atoms with Gasteiger partial charge in [0.25, 0.3) is 0 Å². The number of nitrogens with zero attached hydrogens (tertiary/aromatic N) is 2. The minimum atomic E-state index is -0.617. The number of hydrogen-bond donors (Lipinski definition) is 1. The van der Waals surface area contributed by atoms with Crippen molar-refractivity contribution in [1.82, 2.24) is 14.3 Å². The van der Waals surface area contributed by atoms with Crippen LogP contribution in [-0.4, -0.2) is 14.3 Å². The fourth-order valence-corrected chi connectivity index (χ4v) is 2.33. The molecule has 5 nitrogen and oxygen atoms in total. The first-order chi connectivity index (χ1) is 9.15. The number of rotatable bonds is 2. The second kappa shape index (κ2) is 4.51. The summed E-state index contributed by atoms with van der Waals surface area (Å²) in [5.74, 6) is 0. The molecule has 0 aliphatic heterocycles. The summed E-state index contributed by atoms with van der Waals surface area (Å²) in [6.45, 7) is 9.33. The Hall–Kier alpha value is -2.04. The normalized spacial score (nSPS) is 12.7. The van der Waals surface area contributed by atoms with Gasteiger partial charge in [-0.15, -0.1) is 0 Å². The van der Waals surface area contributed by atoms with Gasteiger partial charge in [-0.05, 0) is 40.2 Å². The van der Waals surface area contributed by atoms with Crippen LogP contribution in [0, 0.1) is 0 Å². The molecular weight excluding hydrogens is 254 g/mol. The molecule has 1 aromatic heterocycles. The summed E-state index contributed by atoms with van der Waals surface area (Å²) >= 11 is 0. The van der Waals surface area contributed by atoms with Gasteiger partial charge in [0.05, 0.1) is 5.54 Å². The number of benzene rings is 1. The lowest BCUT2D eigenvalue weighted by atomic mass is 9.95. The Kier molecular flexibility index (Phi) is 3.24. The predicted octanol–water partition coefficient (Wildman–Crippen LogP) is 1.88. The summed E-state index contributed by atoms with van der Waals surface area (Å²) in [4.78, 5) is 24.6. The van der Waals surface area contributed by atoms with E-state index in [0.29, 0.717) is 0 Å². The Morgan fingerprint density at radius 3 is 1.95 bits per heavy atom. The molecule has 0 aliphatic rings. The maximum atomic E-state index is 12.6. The summed E-state index contributed by atoms with van der Waals surface area (Å²) < 4.78 is 2.65. The Morgan fingerprint density at radius 2 is 1.50 bits per heavy atom. The molecular formula is C15H21N3O2. The van der Waals surface area contributed by atoms with Gasteiger partial charge < -0.3 is 0 Å². The number of hydrogen-bond acceptors (Lipinski definition) is 2. The molecule has 0 spiro atoms. The van der Waals surface area contributed by atoms with E-state index in [1.165, 1.54) is 9.25 Å². The molecule has 2 aromatic rings. The van der Waals surface area contributed by atoms with Crippen molar-refractivity contribution in [1.29, 1.82) is 0 Å². The second-order valence-corrected chi connectivity index (χ2v) is 6.47. The van der Waals surface area contributed by atoms with E-state index in [4.69, 9.17) is 0 Å². The predicted molar refractivity (Wildman–Crippen MR) is 79.2 cm³/mol. The quantitative estimate of drug-likeness (QED) is 0.909. The lowest BCUT2D eigenvalue weighted by molar-refractivity contribution is 0.343. The van der Waals surface area contributed by atoms with E-state index in [-0.39, 0.29) is 11.4 Å². The summed E-state index contributed by atoms with van der Waals surface area (Å²) in [6.07, 6.45) is 0. The lowest BCUT2D eigenvalue weighted by Crippen LogP contribution is -2.43. The smallest absolute Gasteiger partial charge is 0.246 e. The van der Waals surface area contributed by atoms with Gasteiger partial charge >= 0.3 is 11.4 Å². The van der Waals surface area contributed by atoms with Gasteiger partial charge in [0, 0.05) is 5.54 Å². The van der Waals surface area contributed by atoms with E-state index in [1.54, 1.807) is 0 Å². The molecule has 20 heavy (non-hydrogen) atoms. The number of nitrogens with one attached hydrogen (secondary N) is 1. The summed E-state index contributed by atoms with van der Waals surface area (Å²) in [5.41, 5.74) is -0.913. The molecule has 2 rings (SSSR count). The Morgan fingerprint density at radius 1 is 0.950 bits per heavy atom. The molecule has 0 unspecified atom stereocenters. The van der Waals surface area contributed by atoms with Crippen LogP contribution in [0.25, 0.3) is 0 Å². The summed E-state index contributed by atoms with van der Waals surface area (Å²) in [7, 11) is 0. The Bertz CT molecular complexity index is 712. The van der Waals surface area contributed by atoms with E-state index < -0.39 is 11.1 Å². The van der Waals surface area contributed by atoms with E-state index in [2.05, 4.69) is 5.10 Å². The molecule has 1 heterocycles. The van der Waals surface area contributed by atoms with Gasteiger partial charge in [-0.25, -0.2) is 23.9 Å². The molecule has 0 saturated heterocycles. The van der Waals surface area contributed by atoms with Gasteiger partial charge in [0.2, 0.25) is 0 Å². The van der Waals surface area contributed by atoms with Gasteiger partial charge in [-0.3, -0.25) is 0 Å². The van der Waals surface area contributed by atoms with Crippen LogP contribution >= 0.6 is 0 Å². The molecule has 1 N–H and O–H groups in total. The molecule has 0 fully saturated rings. The minimum Gasteiger partial charge on any atom is -0.246 e. The van der Waals surface area contributed by atoms with Crippen molar-refractivity contribution in [3.63, 3.8) is 0 Å². The molecule has 0 atom stereocenters. The average molecular weight is 275 g/mol. The average Bonchev–Trinajstić information content (AvgIpc) is 2.66. The zero-order valence-corrected chi connectivity index (χ0v) is 12.6. The SMILES string of the molecule is CC(C)(C)n1c(=O)[nH]n(C(C)(C)c2ccccc2)c1=O. The highest BCUT2D eigenvalue weighted by molar-refractivity contribution is 5.23. The van der Waals surface area contributed by atoms with Crippen LogP contribution in [0.1, 0.15) is 40.2 Å². The number of aromatic amines is 1. The first-order valence-corrected chi connectivity index (χ1v) is 6.66. The fraction of sp³-hybridized carbons (Fsp3) is 0.467. The van der Waals surface area contributed by atoms with Gasteiger partial charge in [-0.1, -0.05) is 30.3 Å². The third kappa shape index (κ3) is 2.24. The van der Waals surface area contributed by atoms with Crippen LogP contribution < -0.4 is 11.4 Å². The molecule has 1 aromatic carbocycles. The molecule has 0 aliphatic carbocycles. The van der Waals surface area contributed by atoms with Crippen molar-refractivity contribution in [3.8, 4) is 0 Å². The van der Waals surface area contributed by atoms with E-state index in [9.17, 15) is 9.59 Å². The minimum absolute atomic E-state index is 0.323. The molecule has 0 bridgehead atoms. The summed E-state index contributed by atoms with van der Waals surface area (Å²) in [6, 6.07) is 9.64. The van der Waals surface area contributed by atoms with Crippen molar-refractivity contribution in [3.05, 3.63) is 56.9 Å². The maximum absolute atomic E-state index is 12.6. The maximum Gasteiger partial charge on any atom is 0.348 e. The van der Waals surface area contributed by atoms with Crippen molar-refractivity contribution in [2.24, 2.45) is 0 Å². The fourth-order valence-electron chi connectivity index (χ4n) is 2.33. The first-order valence-electron chi connectivity index (χ1n) is 6.66. The monoisotopic (exact) mass is 275 g/mol. The highest BCUT2D eigenvalue weighted by Crippen LogP contribution is 2.22. The molecule has 0 amide bonds. The lowest BCUT2D eigenvalue weighted by Gasteiger charge is -2.25. The van der Waals surface area contributed by atoms with Crippen molar-refractivity contribution in [2.75, 3.05) is 0 Å². The molecule has 108 valence electrons. The zero-order chi connectivity index (χ0) is 15.1. The third-order valence-electron chi connectivity index (χ3n) is 3.50. The largest absolute Gasteiger partial charge is 0.348 e. The van der Waals surface area contributed by atoms with E-state index in [1.807, 2.05) is 65.0 Å². The molecule has 5 heteroatoms. The van der Waals surface area contributed by atoms with Crippen molar-refractivity contribution < 1.29 is 0 Å².